The van der Waals surface area contributed by atoms with Crippen LogP contribution in [-0.2, 0) is 6.54 Å². The summed E-state index contributed by atoms with van der Waals surface area (Å²) in [7, 11) is 0. The molecule has 0 unspecified atom stereocenters. The van der Waals surface area contributed by atoms with E-state index in [1.54, 1.807) is 12.4 Å². The minimum atomic E-state index is 0.225. The van der Waals surface area contributed by atoms with Gasteiger partial charge in [-0.05, 0) is 43.0 Å². The first-order valence-electron chi connectivity index (χ1n) is 11.5. The van der Waals surface area contributed by atoms with Gasteiger partial charge in [-0.2, -0.15) is 0 Å². The zero-order chi connectivity index (χ0) is 23.8. The molecule has 1 saturated heterocycles. The van der Waals surface area contributed by atoms with Crippen LogP contribution in [0.4, 0.5) is 11.8 Å². The predicted octanol–water partition coefficient (Wildman–Crippen LogP) is 2.83. The number of piperazine rings is 1. The number of anilines is 2. The average molecular weight is 458 g/mol. The van der Waals surface area contributed by atoms with E-state index in [1.807, 2.05) is 38.4 Å². The van der Waals surface area contributed by atoms with E-state index in [4.69, 9.17) is 5.73 Å². The number of pyridine rings is 1. The summed E-state index contributed by atoms with van der Waals surface area (Å²) in [6.07, 6.45) is 14.0. The lowest BCUT2D eigenvalue weighted by Crippen LogP contribution is -2.43. The number of aliphatic imine (C=N–C) groups is 2. The Kier molecular flexibility index (Phi) is 7.77. The molecule has 176 valence electrons. The van der Waals surface area contributed by atoms with E-state index in [0.717, 1.165) is 66.4 Å². The number of allylic oxidation sites excluding steroid dienone is 5. The van der Waals surface area contributed by atoms with Crippen LogP contribution in [0.5, 0.6) is 0 Å². The van der Waals surface area contributed by atoms with Gasteiger partial charge in [-0.3, -0.25) is 0 Å². The second-order valence-corrected chi connectivity index (χ2v) is 8.04. The zero-order valence-electron chi connectivity index (χ0n) is 19.7. The predicted molar refractivity (Wildman–Crippen MR) is 139 cm³/mol. The summed E-state index contributed by atoms with van der Waals surface area (Å²) in [5, 5.41) is 6.67. The molecular weight excluding hydrogens is 426 g/mol. The van der Waals surface area contributed by atoms with Crippen LogP contribution in [0.1, 0.15) is 30.2 Å². The second-order valence-electron chi connectivity index (χ2n) is 8.04. The number of hydrogen-bond acceptors (Lipinski definition) is 9. The fraction of sp³-hybridized carbons (Fsp3) is 0.320. The molecule has 2 aromatic rings. The largest absolute Gasteiger partial charge is 0.368 e. The molecule has 4 heterocycles. The van der Waals surface area contributed by atoms with Crippen molar-refractivity contribution in [2.45, 2.75) is 26.8 Å². The van der Waals surface area contributed by atoms with Crippen LogP contribution < -0.4 is 21.3 Å². The van der Waals surface area contributed by atoms with Crippen molar-refractivity contribution in [1.29, 1.82) is 0 Å². The first-order chi connectivity index (χ1) is 16.6. The number of rotatable bonds is 6. The van der Waals surface area contributed by atoms with Gasteiger partial charge in [-0.15, -0.1) is 0 Å². The van der Waals surface area contributed by atoms with Crippen LogP contribution in [0, 0.1) is 6.92 Å². The normalized spacial score (nSPS) is 21.8. The molecule has 2 aliphatic rings. The summed E-state index contributed by atoms with van der Waals surface area (Å²) < 4.78 is 0. The minimum absolute atomic E-state index is 0.225. The Morgan fingerprint density at radius 3 is 2.79 bits per heavy atom. The van der Waals surface area contributed by atoms with Crippen molar-refractivity contribution in [3.63, 3.8) is 0 Å². The Balaban J connectivity index is 1.43. The van der Waals surface area contributed by atoms with Gasteiger partial charge < -0.3 is 21.3 Å². The molecule has 4 N–H and O–H groups in total. The number of aryl methyl sites for hydroxylation is 1. The van der Waals surface area contributed by atoms with E-state index in [1.165, 1.54) is 0 Å². The molecule has 0 saturated carbocycles. The summed E-state index contributed by atoms with van der Waals surface area (Å²) in [6, 6.07) is 4.18. The SMILES string of the molecule is C/C=C(C1=C/C/C=C\N=C(N)/N=C\1)\c1cnc(NCc2ccc(N3CCNCC3)nc2)nc1C. The summed E-state index contributed by atoms with van der Waals surface area (Å²) in [6.45, 7) is 8.54. The van der Waals surface area contributed by atoms with Crippen molar-refractivity contribution in [1.82, 2.24) is 20.3 Å². The van der Waals surface area contributed by atoms with Crippen LogP contribution in [0.15, 0.2) is 64.5 Å². The van der Waals surface area contributed by atoms with Crippen molar-refractivity contribution < 1.29 is 0 Å². The molecule has 0 spiro atoms. The molecule has 1 fully saturated rings. The van der Waals surface area contributed by atoms with Crippen molar-refractivity contribution in [3.05, 3.63) is 71.3 Å². The summed E-state index contributed by atoms with van der Waals surface area (Å²) in [4.78, 5) is 24.5. The first-order valence-corrected chi connectivity index (χ1v) is 11.5. The van der Waals surface area contributed by atoms with Gasteiger partial charge in [0.25, 0.3) is 0 Å². The third kappa shape index (κ3) is 5.93. The molecule has 0 aliphatic carbocycles. The number of aromatic nitrogens is 3. The van der Waals surface area contributed by atoms with E-state index in [0.29, 0.717) is 12.5 Å². The molecule has 0 aromatic carbocycles. The highest BCUT2D eigenvalue weighted by Crippen LogP contribution is 2.25. The molecule has 34 heavy (non-hydrogen) atoms. The van der Waals surface area contributed by atoms with Gasteiger partial charge in [-0.25, -0.2) is 24.9 Å². The molecule has 0 radical (unpaired) electrons. The lowest BCUT2D eigenvalue weighted by atomic mass is 9.97. The van der Waals surface area contributed by atoms with Gasteiger partial charge in [0.15, 0.2) is 0 Å². The second kappa shape index (κ2) is 11.3. The average Bonchev–Trinajstić information content (AvgIpc) is 2.97. The quantitative estimate of drug-likeness (QED) is 0.611. The Labute approximate surface area is 200 Å². The van der Waals surface area contributed by atoms with E-state index in [9.17, 15) is 0 Å². The molecule has 2 aromatic heterocycles. The van der Waals surface area contributed by atoms with E-state index in [-0.39, 0.29) is 5.96 Å². The van der Waals surface area contributed by atoms with E-state index in [2.05, 4.69) is 58.7 Å². The Morgan fingerprint density at radius 1 is 1.21 bits per heavy atom. The topological polar surface area (TPSA) is 117 Å². The van der Waals surface area contributed by atoms with Gasteiger partial charge in [0.05, 0.1) is 5.69 Å². The lowest BCUT2D eigenvalue weighted by Gasteiger charge is -2.28. The highest BCUT2D eigenvalue weighted by molar-refractivity contribution is 6.05. The first kappa shape index (κ1) is 23.3. The highest BCUT2D eigenvalue weighted by Gasteiger charge is 2.13. The van der Waals surface area contributed by atoms with E-state index < -0.39 is 0 Å². The monoisotopic (exact) mass is 457 g/mol. The molecule has 0 amide bonds. The maximum absolute atomic E-state index is 5.81. The van der Waals surface area contributed by atoms with Crippen LogP contribution >= 0.6 is 0 Å². The molecule has 0 atom stereocenters. The molecule has 9 heteroatoms. The number of nitrogens with one attached hydrogen (secondary N) is 2. The standard InChI is InChI=1S/C25H31N9/c1-3-21(20-6-4-5-9-28-24(26)30-16-20)22-17-32-25(33-18(22)2)31-15-19-7-8-23(29-14-19)34-12-10-27-11-13-34/h3,5-9,14,16-17,27H,4,10-13,15H2,1-2H3,(H2,26,28)(H,31,32,33)/b9-5-,20-6+,21-3-,30-16-. The molecule has 9 nitrogen and oxygen atoms in total. The highest BCUT2D eigenvalue weighted by atomic mass is 15.2. The molecule has 4 rings (SSSR count). The molecule has 2 aliphatic heterocycles. The van der Waals surface area contributed by atoms with Gasteiger partial charge in [0.2, 0.25) is 11.9 Å². The maximum atomic E-state index is 5.81. The molecular formula is C25H31N9. The van der Waals surface area contributed by atoms with Crippen LogP contribution in [0.3, 0.4) is 0 Å². The van der Waals surface area contributed by atoms with Crippen LogP contribution in [-0.4, -0.2) is 53.3 Å². The summed E-state index contributed by atoms with van der Waals surface area (Å²) in [5.41, 5.74) is 10.7. The Hall–Kier alpha value is -3.85. The summed E-state index contributed by atoms with van der Waals surface area (Å²) in [5.74, 6) is 1.83. The number of guanidine groups is 1. The number of nitrogens with two attached hydrogens (primary N) is 1. The number of nitrogens with zero attached hydrogens (tertiary/aromatic N) is 6. The van der Waals surface area contributed by atoms with Crippen molar-refractivity contribution >= 4 is 29.5 Å². The van der Waals surface area contributed by atoms with Gasteiger partial charge in [-0.1, -0.05) is 24.3 Å². The third-order valence-electron chi connectivity index (χ3n) is 5.69. The van der Waals surface area contributed by atoms with Crippen LogP contribution in [0.2, 0.25) is 0 Å². The fourth-order valence-corrected chi connectivity index (χ4v) is 3.86. The van der Waals surface area contributed by atoms with Crippen molar-refractivity contribution in [3.8, 4) is 0 Å². The van der Waals surface area contributed by atoms with E-state index >= 15 is 0 Å². The van der Waals surface area contributed by atoms with Crippen molar-refractivity contribution in [2.24, 2.45) is 15.7 Å². The molecule has 0 bridgehead atoms. The lowest BCUT2D eigenvalue weighted by molar-refractivity contribution is 0.585. The van der Waals surface area contributed by atoms with Crippen molar-refractivity contribution in [2.75, 3.05) is 36.4 Å². The maximum Gasteiger partial charge on any atom is 0.223 e. The zero-order valence-corrected chi connectivity index (χ0v) is 19.7. The third-order valence-corrected chi connectivity index (χ3v) is 5.69. The van der Waals surface area contributed by atoms with Crippen LogP contribution in [0.25, 0.3) is 5.57 Å². The smallest absolute Gasteiger partial charge is 0.223 e. The van der Waals surface area contributed by atoms with Gasteiger partial charge in [0.1, 0.15) is 5.82 Å². The minimum Gasteiger partial charge on any atom is -0.368 e. The summed E-state index contributed by atoms with van der Waals surface area (Å²) >= 11 is 0. The van der Waals surface area contributed by atoms with Gasteiger partial charge >= 0.3 is 0 Å². The Morgan fingerprint density at radius 2 is 2.06 bits per heavy atom. The van der Waals surface area contributed by atoms with Gasteiger partial charge in [0, 0.05) is 63.1 Å². The fourth-order valence-electron chi connectivity index (χ4n) is 3.86. The Bertz CT molecular complexity index is 1140. The number of hydrogen-bond donors (Lipinski definition) is 3.